The lowest BCUT2D eigenvalue weighted by molar-refractivity contribution is -0.226. The first-order chi connectivity index (χ1) is 13.8. The van der Waals surface area contributed by atoms with E-state index in [1.54, 1.807) is 0 Å². The number of hydrogen-bond donors (Lipinski definition) is 0. The van der Waals surface area contributed by atoms with Crippen molar-refractivity contribution >= 4 is 17.2 Å². The van der Waals surface area contributed by atoms with Crippen molar-refractivity contribution < 1.29 is 19.1 Å². The standard InChI is InChI=1S/C23H23NO4/c25-17-24(28-16-18-6-2-1-3-7-18)22(23-26-12-13-27-23)15-19-10-11-20-8-4-5-9-21(20)14-19/h1-11,14,17,22-23H,12-13,15-16H2/t22-/m0/s1. The predicted octanol–water partition coefficient (Wildman–Crippen LogP) is 3.71. The fraction of sp³-hybridized carbons (Fsp3) is 0.261. The zero-order valence-electron chi connectivity index (χ0n) is 15.6. The van der Waals surface area contributed by atoms with Crippen LogP contribution in [-0.4, -0.2) is 37.0 Å². The van der Waals surface area contributed by atoms with E-state index < -0.39 is 6.29 Å². The summed E-state index contributed by atoms with van der Waals surface area (Å²) in [7, 11) is 0. The third-order valence-corrected chi connectivity index (χ3v) is 4.87. The second-order valence-corrected chi connectivity index (χ2v) is 6.79. The van der Waals surface area contributed by atoms with Gasteiger partial charge in [0.05, 0.1) is 13.2 Å². The Morgan fingerprint density at radius 3 is 2.39 bits per heavy atom. The van der Waals surface area contributed by atoms with Crippen LogP contribution in [0.15, 0.2) is 72.8 Å². The molecule has 3 aromatic carbocycles. The number of carbonyl (C=O) groups is 1. The van der Waals surface area contributed by atoms with E-state index in [2.05, 4.69) is 30.3 Å². The van der Waals surface area contributed by atoms with Gasteiger partial charge in [0.25, 0.3) is 0 Å². The quantitative estimate of drug-likeness (QED) is 0.443. The molecule has 1 saturated heterocycles. The van der Waals surface area contributed by atoms with Gasteiger partial charge in [0.1, 0.15) is 12.6 Å². The lowest BCUT2D eigenvalue weighted by Gasteiger charge is -2.30. The second kappa shape index (κ2) is 8.97. The van der Waals surface area contributed by atoms with Gasteiger partial charge in [-0.1, -0.05) is 72.8 Å². The van der Waals surface area contributed by atoms with E-state index >= 15 is 0 Å². The molecule has 0 saturated carbocycles. The molecule has 0 aromatic heterocycles. The Kier molecular flexibility index (Phi) is 5.97. The summed E-state index contributed by atoms with van der Waals surface area (Å²) in [4.78, 5) is 17.6. The highest BCUT2D eigenvalue weighted by Crippen LogP contribution is 2.22. The molecule has 0 bridgehead atoms. The van der Waals surface area contributed by atoms with Crippen LogP contribution >= 0.6 is 0 Å². The molecule has 0 unspecified atom stereocenters. The Morgan fingerprint density at radius 2 is 1.64 bits per heavy atom. The van der Waals surface area contributed by atoms with Crippen LogP contribution in [0.3, 0.4) is 0 Å². The lowest BCUT2D eigenvalue weighted by atomic mass is 10.0. The highest BCUT2D eigenvalue weighted by atomic mass is 16.7. The van der Waals surface area contributed by atoms with Gasteiger partial charge in [-0.3, -0.25) is 9.63 Å². The molecule has 1 heterocycles. The number of ether oxygens (including phenoxy) is 2. The minimum Gasteiger partial charge on any atom is -0.348 e. The molecule has 28 heavy (non-hydrogen) atoms. The van der Waals surface area contributed by atoms with Crippen LogP contribution in [-0.2, 0) is 32.1 Å². The average molecular weight is 377 g/mol. The van der Waals surface area contributed by atoms with Gasteiger partial charge >= 0.3 is 0 Å². The topological polar surface area (TPSA) is 48.0 Å². The number of amides is 1. The highest BCUT2D eigenvalue weighted by molar-refractivity contribution is 5.83. The Labute approximate surface area is 164 Å². The Hall–Kier alpha value is -2.73. The number of fused-ring (bicyclic) bond motifs is 1. The van der Waals surface area contributed by atoms with Crippen molar-refractivity contribution in [2.24, 2.45) is 0 Å². The van der Waals surface area contributed by atoms with Crippen LogP contribution in [0.1, 0.15) is 11.1 Å². The summed E-state index contributed by atoms with van der Waals surface area (Å²) >= 11 is 0. The fourth-order valence-electron chi connectivity index (χ4n) is 3.44. The molecule has 1 atom stereocenters. The van der Waals surface area contributed by atoms with Crippen LogP contribution < -0.4 is 0 Å². The first-order valence-electron chi connectivity index (χ1n) is 9.45. The summed E-state index contributed by atoms with van der Waals surface area (Å²) in [5.74, 6) is 0. The second-order valence-electron chi connectivity index (χ2n) is 6.79. The summed E-state index contributed by atoms with van der Waals surface area (Å²) < 4.78 is 11.4. The third-order valence-electron chi connectivity index (χ3n) is 4.87. The van der Waals surface area contributed by atoms with Gasteiger partial charge in [-0.2, -0.15) is 0 Å². The van der Waals surface area contributed by atoms with Gasteiger partial charge in [-0.15, -0.1) is 0 Å². The Balaban J connectivity index is 1.53. The zero-order chi connectivity index (χ0) is 19.2. The zero-order valence-corrected chi connectivity index (χ0v) is 15.6. The van der Waals surface area contributed by atoms with E-state index in [9.17, 15) is 4.79 Å². The van der Waals surface area contributed by atoms with E-state index in [1.807, 2.05) is 42.5 Å². The average Bonchev–Trinajstić information content (AvgIpc) is 3.28. The molecule has 1 amide bonds. The van der Waals surface area contributed by atoms with Gasteiger partial charge in [0, 0.05) is 6.42 Å². The van der Waals surface area contributed by atoms with Gasteiger partial charge < -0.3 is 9.47 Å². The Bertz CT molecular complexity index is 909. The van der Waals surface area contributed by atoms with Gasteiger partial charge in [0.15, 0.2) is 6.29 Å². The van der Waals surface area contributed by atoms with Crippen LogP contribution in [0.25, 0.3) is 10.8 Å². The van der Waals surface area contributed by atoms with Crippen molar-refractivity contribution in [3.05, 3.63) is 83.9 Å². The van der Waals surface area contributed by atoms with Crippen molar-refractivity contribution in [2.45, 2.75) is 25.4 Å². The molecule has 4 rings (SSSR count). The van der Waals surface area contributed by atoms with Gasteiger partial charge in [-0.05, 0) is 21.9 Å². The van der Waals surface area contributed by atoms with Crippen molar-refractivity contribution in [1.82, 2.24) is 5.06 Å². The maximum atomic E-state index is 11.8. The maximum absolute atomic E-state index is 11.8. The SMILES string of the molecule is O=CN(OCc1ccccc1)[C@@H](Cc1ccc2ccccc2c1)C1OCCO1. The van der Waals surface area contributed by atoms with Gasteiger partial charge in [0.2, 0.25) is 6.41 Å². The predicted molar refractivity (Wildman–Crippen MR) is 106 cm³/mol. The molecule has 144 valence electrons. The fourth-order valence-corrected chi connectivity index (χ4v) is 3.44. The summed E-state index contributed by atoms with van der Waals surface area (Å²) in [6, 6.07) is 23.9. The summed E-state index contributed by atoms with van der Waals surface area (Å²) in [5.41, 5.74) is 2.09. The number of rotatable bonds is 8. The number of hydroxylamine groups is 2. The smallest absolute Gasteiger partial charge is 0.233 e. The summed E-state index contributed by atoms with van der Waals surface area (Å²) in [6.07, 6.45) is 0.773. The molecular formula is C23H23NO4. The molecule has 5 nitrogen and oxygen atoms in total. The molecule has 3 aromatic rings. The molecule has 1 fully saturated rings. The van der Waals surface area contributed by atoms with Crippen LogP contribution in [0, 0.1) is 0 Å². The van der Waals surface area contributed by atoms with E-state index in [1.165, 1.54) is 10.4 Å². The van der Waals surface area contributed by atoms with E-state index in [0.717, 1.165) is 16.5 Å². The van der Waals surface area contributed by atoms with Crippen molar-refractivity contribution in [3.8, 4) is 0 Å². The number of nitrogens with zero attached hydrogens (tertiary/aromatic N) is 1. The van der Waals surface area contributed by atoms with E-state index in [-0.39, 0.29) is 6.04 Å². The van der Waals surface area contributed by atoms with Crippen molar-refractivity contribution in [3.63, 3.8) is 0 Å². The van der Waals surface area contributed by atoms with E-state index in [4.69, 9.17) is 14.3 Å². The molecule has 1 aliphatic heterocycles. The normalized spacial score (nSPS) is 15.6. The van der Waals surface area contributed by atoms with Crippen LogP contribution in [0.2, 0.25) is 0 Å². The first kappa shape index (κ1) is 18.6. The molecule has 0 N–H and O–H groups in total. The molecule has 0 aliphatic carbocycles. The number of benzene rings is 3. The first-order valence-corrected chi connectivity index (χ1v) is 9.45. The maximum Gasteiger partial charge on any atom is 0.233 e. The molecular weight excluding hydrogens is 354 g/mol. The summed E-state index contributed by atoms with van der Waals surface area (Å²) in [5, 5.41) is 3.68. The highest BCUT2D eigenvalue weighted by Gasteiger charge is 2.32. The number of hydrogen-bond acceptors (Lipinski definition) is 4. The number of carbonyl (C=O) groups excluding carboxylic acids is 1. The van der Waals surface area contributed by atoms with Gasteiger partial charge in [-0.25, -0.2) is 5.06 Å². The minimum atomic E-state index is -0.507. The van der Waals surface area contributed by atoms with Crippen LogP contribution in [0.4, 0.5) is 0 Å². The summed E-state index contributed by atoms with van der Waals surface area (Å²) in [6.45, 7) is 1.34. The minimum absolute atomic E-state index is 0.306. The van der Waals surface area contributed by atoms with Crippen molar-refractivity contribution in [1.29, 1.82) is 0 Å². The third kappa shape index (κ3) is 4.39. The molecule has 5 heteroatoms. The van der Waals surface area contributed by atoms with E-state index in [0.29, 0.717) is 32.7 Å². The van der Waals surface area contributed by atoms with Crippen molar-refractivity contribution in [2.75, 3.05) is 13.2 Å². The molecule has 0 radical (unpaired) electrons. The lowest BCUT2D eigenvalue weighted by Crippen LogP contribution is -2.45. The van der Waals surface area contributed by atoms with Crippen LogP contribution in [0.5, 0.6) is 0 Å². The largest absolute Gasteiger partial charge is 0.348 e. The Morgan fingerprint density at radius 1 is 0.929 bits per heavy atom. The molecule has 1 aliphatic rings. The monoisotopic (exact) mass is 377 g/mol. The molecule has 0 spiro atoms.